The highest BCUT2D eigenvalue weighted by atomic mass is 19.4. The first-order valence-corrected chi connectivity index (χ1v) is 3.53. The first kappa shape index (κ1) is 7.46. The lowest BCUT2D eigenvalue weighted by Crippen LogP contribution is -2.09. The Balaban J connectivity index is 2.53. The molecule has 0 N–H and O–H groups in total. The van der Waals surface area contributed by atoms with Crippen molar-refractivity contribution in [1.29, 1.82) is 0 Å². The predicted molar refractivity (Wildman–Crippen MR) is 38.5 cm³/mol. The van der Waals surface area contributed by atoms with Crippen molar-refractivity contribution >= 4 is 6.20 Å². The maximum absolute atomic E-state index is 12.2. The Bertz CT molecular complexity index is 333. The Morgan fingerprint density at radius 2 is 2.00 bits per heavy atom. The van der Waals surface area contributed by atoms with Gasteiger partial charge >= 0.3 is 6.18 Å². The van der Waals surface area contributed by atoms with Gasteiger partial charge in [0.1, 0.15) is 5.69 Å². The summed E-state index contributed by atoms with van der Waals surface area (Å²) in [5.74, 6) is 0. The van der Waals surface area contributed by atoms with Gasteiger partial charge in [0.2, 0.25) is 0 Å². The highest BCUT2D eigenvalue weighted by Crippen LogP contribution is 2.32. The van der Waals surface area contributed by atoms with Gasteiger partial charge in [-0.1, -0.05) is 6.08 Å². The largest absolute Gasteiger partial charge is 0.431 e. The van der Waals surface area contributed by atoms with E-state index in [1.54, 1.807) is 6.08 Å². The number of fused-ring (bicyclic) bond motifs is 1. The van der Waals surface area contributed by atoms with E-state index in [2.05, 4.69) is 0 Å². The van der Waals surface area contributed by atoms with Crippen LogP contribution in [0.4, 0.5) is 13.2 Å². The van der Waals surface area contributed by atoms with E-state index >= 15 is 0 Å². The Hall–Kier alpha value is -1.19. The lowest BCUT2D eigenvalue weighted by molar-refractivity contribution is -0.142. The van der Waals surface area contributed by atoms with E-state index in [0.29, 0.717) is 12.1 Å². The van der Waals surface area contributed by atoms with Crippen LogP contribution in [0.25, 0.3) is 6.20 Å². The van der Waals surface area contributed by atoms with Gasteiger partial charge in [-0.3, -0.25) is 0 Å². The molecule has 64 valence electrons. The van der Waals surface area contributed by atoms with Crippen molar-refractivity contribution in [2.24, 2.45) is 0 Å². The first-order valence-electron chi connectivity index (χ1n) is 3.53. The lowest BCUT2D eigenvalue weighted by Gasteiger charge is -2.07. The minimum absolute atomic E-state index is 0.591. The maximum Gasteiger partial charge on any atom is 0.431 e. The van der Waals surface area contributed by atoms with E-state index in [1.165, 1.54) is 16.8 Å². The maximum atomic E-state index is 12.2. The van der Waals surface area contributed by atoms with Crippen LogP contribution in [0.1, 0.15) is 11.4 Å². The van der Waals surface area contributed by atoms with Crippen LogP contribution in [0.15, 0.2) is 18.2 Å². The van der Waals surface area contributed by atoms with Gasteiger partial charge < -0.3 is 4.57 Å². The molecule has 1 aliphatic rings. The Morgan fingerprint density at radius 1 is 1.25 bits per heavy atom. The summed E-state index contributed by atoms with van der Waals surface area (Å²) in [5.41, 5.74) is 0.105. The van der Waals surface area contributed by atoms with Gasteiger partial charge in [-0.15, -0.1) is 0 Å². The van der Waals surface area contributed by atoms with Crippen LogP contribution in [-0.4, -0.2) is 4.57 Å². The summed E-state index contributed by atoms with van der Waals surface area (Å²) in [7, 11) is 0. The number of rotatable bonds is 0. The van der Waals surface area contributed by atoms with Crippen molar-refractivity contribution in [2.75, 3.05) is 0 Å². The number of allylic oxidation sites excluding steroid dienone is 1. The summed E-state index contributed by atoms with van der Waals surface area (Å²) in [5, 5.41) is 0. The van der Waals surface area contributed by atoms with Crippen LogP contribution in [0.2, 0.25) is 0 Å². The molecule has 1 aromatic heterocycles. The number of halogens is 3. The molecule has 1 aromatic rings. The minimum atomic E-state index is -4.24. The molecule has 0 amide bonds. The van der Waals surface area contributed by atoms with Gasteiger partial charge in [0.15, 0.2) is 0 Å². The molecule has 1 aliphatic heterocycles. The SMILES string of the molecule is FC(F)(F)c1ccc2n1C=CC2. The van der Waals surface area contributed by atoms with Gasteiger partial charge in [0.05, 0.1) is 0 Å². The van der Waals surface area contributed by atoms with Crippen molar-refractivity contribution in [3.8, 4) is 0 Å². The lowest BCUT2D eigenvalue weighted by atomic mass is 10.3. The number of alkyl halides is 3. The molecule has 12 heavy (non-hydrogen) atoms. The molecule has 0 fully saturated rings. The van der Waals surface area contributed by atoms with Crippen LogP contribution >= 0.6 is 0 Å². The molecular weight excluding hydrogens is 167 g/mol. The highest BCUT2D eigenvalue weighted by Gasteiger charge is 2.35. The average molecular weight is 173 g/mol. The second-order valence-corrected chi connectivity index (χ2v) is 2.67. The topological polar surface area (TPSA) is 4.93 Å². The van der Waals surface area contributed by atoms with Crippen LogP contribution in [-0.2, 0) is 12.6 Å². The normalized spacial score (nSPS) is 15.2. The zero-order valence-electron chi connectivity index (χ0n) is 6.10. The van der Waals surface area contributed by atoms with Crippen molar-refractivity contribution in [2.45, 2.75) is 12.6 Å². The van der Waals surface area contributed by atoms with Gasteiger partial charge in [0, 0.05) is 18.3 Å². The average Bonchev–Trinajstić information content (AvgIpc) is 2.37. The second-order valence-electron chi connectivity index (χ2n) is 2.67. The molecule has 4 heteroatoms. The zero-order valence-corrected chi connectivity index (χ0v) is 6.10. The van der Waals surface area contributed by atoms with E-state index in [9.17, 15) is 13.2 Å². The summed E-state index contributed by atoms with van der Waals surface area (Å²) in [4.78, 5) is 0. The molecule has 0 aliphatic carbocycles. The van der Waals surface area contributed by atoms with Gasteiger partial charge in [0.25, 0.3) is 0 Å². The van der Waals surface area contributed by atoms with Crippen molar-refractivity contribution in [1.82, 2.24) is 4.57 Å². The number of nitrogens with zero attached hydrogens (tertiary/aromatic N) is 1. The van der Waals surface area contributed by atoms with Crippen LogP contribution in [0.3, 0.4) is 0 Å². The summed E-state index contributed by atoms with van der Waals surface area (Å²) < 4.78 is 37.8. The number of hydrogen-bond acceptors (Lipinski definition) is 0. The molecule has 0 saturated heterocycles. The van der Waals surface area contributed by atoms with Gasteiger partial charge in [-0.2, -0.15) is 13.2 Å². The van der Waals surface area contributed by atoms with Gasteiger partial charge in [-0.25, -0.2) is 0 Å². The number of hydrogen-bond donors (Lipinski definition) is 0. The number of aromatic nitrogens is 1. The predicted octanol–water partition coefficient (Wildman–Crippen LogP) is 2.53. The second kappa shape index (κ2) is 2.15. The standard InChI is InChI=1S/C8H6F3N/c9-8(10,11)7-4-3-6-2-1-5-12(6)7/h1,3-5H,2H2. The highest BCUT2D eigenvalue weighted by molar-refractivity contribution is 5.41. The first-order chi connectivity index (χ1) is 5.59. The minimum Gasteiger partial charge on any atom is -0.317 e. The van der Waals surface area contributed by atoms with Crippen molar-refractivity contribution in [3.05, 3.63) is 29.6 Å². The Kier molecular flexibility index (Phi) is 1.34. The smallest absolute Gasteiger partial charge is 0.317 e. The molecule has 0 saturated carbocycles. The fourth-order valence-corrected chi connectivity index (χ4v) is 1.34. The molecule has 0 radical (unpaired) electrons. The van der Waals surface area contributed by atoms with E-state index < -0.39 is 11.9 Å². The molecule has 0 spiro atoms. The monoisotopic (exact) mass is 173 g/mol. The summed E-state index contributed by atoms with van der Waals surface area (Å²) >= 11 is 0. The van der Waals surface area contributed by atoms with E-state index in [0.717, 1.165) is 6.07 Å². The van der Waals surface area contributed by atoms with Crippen molar-refractivity contribution in [3.63, 3.8) is 0 Å². The molecule has 0 bridgehead atoms. The Labute approximate surface area is 67.1 Å². The molecule has 2 heterocycles. The fourth-order valence-electron chi connectivity index (χ4n) is 1.34. The molecule has 0 atom stereocenters. The van der Waals surface area contributed by atoms with Crippen molar-refractivity contribution < 1.29 is 13.2 Å². The third-order valence-electron chi connectivity index (χ3n) is 1.87. The zero-order chi connectivity index (χ0) is 8.77. The van der Waals surface area contributed by atoms with Crippen LogP contribution < -0.4 is 0 Å². The summed E-state index contributed by atoms with van der Waals surface area (Å²) in [6.45, 7) is 0. The van der Waals surface area contributed by atoms with Crippen LogP contribution in [0.5, 0.6) is 0 Å². The van der Waals surface area contributed by atoms with E-state index in [1.807, 2.05) is 0 Å². The molecule has 1 nitrogen and oxygen atoms in total. The fraction of sp³-hybridized carbons (Fsp3) is 0.250. The van der Waals surface area contributed by atoms with E-state index in [4.69, 9.17) is 0 Å². The molecule has 2 rings (SSSR count). The molecule has 0 aromatic carbocycles. The third kappa shape index (κ3) is 0.948. The third-order valence-corrected chi connectivity index (χ3v) is 1.87. The quantitative estimate of drug-likeness (QED) is 0.568. The van der Waals surface area contributed by atoms with E-state index in [-0.39, 0.29) is 0 Å². The van der Waals surface area contributed by atoms with Gasteiger partial charge in [-0.05, 0) is 12.1 Å². The Morgan fingerprint density at radius 3 is 2.67 bits per heavy atom. The van der Waals surface area contributed by atoms with Crippen LogP contribution in [0, 0.1) is 0 Å². The summed E-state index contributed by atoms with van der Waals surface area (Å²) in [6, 6.07) is 2.61. The molecular formula is C8H6F3N. The summed E-state index contributed by atoms with van der Waals surface area (Å²) in [6.07, 6.45) is -0.480. The molecule has 0 unspecified atom stereocenters.